The first kappa shape index (κ1) is 20.4. The Bertz CT molecular complexity index is 1050. The summed E-state index contributed by atoms with van der Waals surface area (Å²) in [5.41, 5.74) is 2.23. The van der Waals surface area contributed by atoms with E-state index in [1.54, 1.807) is 61.7 Å². The van der Waals surface area contributed by atoms with Gasteiger partial charge in [0.2, 0.25) is 0 Å². The van der Waals surface area contributed by atoms with Crippen LogP contribution in [0.3, 0.4) is 0 Å². The van der Waals surface area contributed by atoms with Gasteiger partial charge < -0.3 is 14.8 Å². The molecule has 1 amide bonds. The standard InChI is InChI=1S/C23H20ClNO4/c1-15(26)16-6-5-7-19(13-16)25-23(27)17-10-11-21(28-2)18(12-17)14-29-22-9-4-3-8-20(22)24/h3-13H,14H2,1-2H3,(H,25,27). The average Bonchev–Trinajstić information content (AvgIpc) is 2.73. The van der Waals surface area contributed by atoms with Crippen molar-refractivity contribution in [2.75, 3.05) is 12.4 Å². The number of nitrogens with one attached hydrogen (secondary N) is 1. The number of halogens is 1. The number of methoxy groups -OCH3 is 1. The minimum absolute atomic E-state index is 0.0652. The highest BCUT2D eigenvalue weighted by Crippen LogP contribution is 2.27. The van der Waals surface area contributed by atoms with E-state index in [1.807, 2.05) is 12.1 Å². The van der Waals surface area contributed by atoms with E-state index in [2.05, 4.69) is 5.32 Å². The highest BCUT2D eigenvalue weighted by molar-refractivity contribution is 6.32. The van der Waals surface area contributed by atoms with Crippen molar-refractivity contribution in [1.82, 2.24) is 0 Å². The predicted molar refractivity (Wildman–Crippen MR) is 113 cm³/mol. The lowest BCUT2D eigenvalue weighted by molar-refractivity contribution is 0.101. The number of benzene rings is 3. The molecule has 3 aromatic rings. The van der Waals surface area contributed by atoms with Crippen LogP contribution < -0.4 is 14.8 Å². The molecule has 29 heavy (non-hydrogen) atoms. The van der Waals surface area contributed by atoms with Crippen molar-refractivity contribution in [3.8, 4) is 11.5 Å². The SMILES string of the molecule is COc1ccc(C(=O)Nc2cccc(C(C)=O)c2)cc1COc1ccccc1Cl. The Labute approximate surface area is 174 Å². The first-order valence-corrected chi connectivity index (χ1v) is 9.32. The molecule has 6 heteroatoms. The van der Waals surface area contributed by atoms with Crippen LogP contribution in [-0.4, -0.2) is 18.8 Å². The molecule has 0 aliphatic carbocycles. The minimum atomic E-state index is -0.299. The lowest BCUT2D eigenvalue weighted by Crippen LogP contribution is -2.13. The topological polar surface area (TPSA) is 64.6 Å². The lowest BCUT2D eigenvalue weighted by Gasteiger charge is -2.13. The third kappa shape index (κ3) is 5.15. The molecule has 0 aliphatic heterocycles. The molecule has 1 N–H and O–H groups in total. The maximum absolute atomic E-state index is 12.7. The van der Waals surface area contributed by atoms with Gasteiger partial charge in [0.1, 0.15) is 18.1 Å². The first-order chi connectivity index (χ1) is 14.0. The number of ketones is 1. The fraction of sp³-hybridized carbons (Fsp3) is 0.130. The average molecular weight is 410 g/mol. The summed E-state index contributed by atoms with van der Waals surface area (Å²) in [5.74, 6) is 0.788. The molecular weight excluding hydrogens is 390 g/mol. The molecule has 148 valence electrons. The smallest absolute Gasteiger partial charge is 0.255 e. The number of ether oxygens (including phenoxy) is 2. The second kappa shape index (κ2) is 9.26. The van der Waals surface area contributed by atoms with Crippen molar-refractivity contribution in [2.45, 2.75) is 13.5 Å². The number of amides is 1. The number of carbonyl (C=O) groups excluding carboxylic acids is 2. The Morgan fingerprint density at radius 2 is 1.72 bits per heavy atom. The molecule has 0 saturated heterocycles. The molecule has 5 nitrogen and oxygen atoms in total. The summed E-state index contributed by atoms with van der Waals surface area (Å²) in [6.07, 6.45) is 0. The fourth-order valence-electron chi connectivity index (χ4n) is 2.77. The van der Waals surface area contributed by atoms with E-state index in [0.717, 1.165) is 0 Å². The van der Waals surface area contributed by atoms with Gasteiger partial charge in [-0.3, -0.25) is 9.59 Å². The molecule has 3 aromatic carbocycles. The summed E-state index contributed by atoms with van der Waals surface area (Å²) in [7, 11) is 1.56. The Balaban J connectivity index is 1.78. The Morgan fingerprint density at radius 3 is 2.45 bits per heavy atom. The third-order valence-electron chi connectivity index (χ3n) is 4.29. The van der Waals surface area contributed by atoms with Crippen LogP contribution in [0.4, 0.5) is 5.69 Å². The Hall–Kier alpha value is -3.31. The van der Waals surface area contributed by atoms with E-state index in [-0.39, 0.29) is 18.3 Å². The van der Waals surface area contributed by atoms with Crippen molar-refractivity contribution in [3.63, 3.8) is 0 Å². The van der Waals surface area contributed by atoms with Crippen LogP contribution in [-0.2, 0) is 6.61 Å². The maximum Gasteiger partial charge on any atom is 0.255 e. The molecule has 0 aromatic heterocycles. The van der Waals surface area contributed by atoms with E-state index in [1.165, 1.54) is 6.92 Å². The van der Waals surface area contributed by atoms with Crippen LogP contribution in [0.15, 0.2) is 66.7 Å². The number of hydrogen-bond acceptors (Lipinski definition) is 4. The zero-order chi connectivity index (χ0) is 20.8. The normalized spacial score (nSPS) is 10.3. The summed E-state index contributed by atoms with van der Waals surface area (Å²) in [4.78, 5) is 24.2. The highest BCUT2D eigenvalue weighted by atomic mass is 35.5. The van der Waals surface area contributed by atoms with Crippen LogP contribution in [0.2, 0.25) is 5.02 Å². The summed E-state index contributed by atoms with van der Waals surface area (Å²) in [6.45, 7) is 1.67. The van der Waals surface area contributed by atoms with E-state index < -0.39 is 0 Å². The molecule has 0 bridgehead atoms. The van der Waals surface area contributed by atoms with Gasteiger partial charge in [-0.05, 0) is 49.4 Å². The van der Waals surface area contributed by atoms with Crippen molar-refractivity contribution in [3.05, 3.63) is 88.4 Å². The summed E-state index contributed by atoms with van der Waals surface area (Å²) < 4.78 is 11.2. The maximum atomic E-state index is 12.7. The minimum Gasteiger partial charge on any atom is -0.496 e. The van der Waals surface area contributed by atoms with Crippen molar-refractivity contribution in [2.24, 2.45) is 0 Å². The number of rotatable bonds is 7. The van der Waals surface area contributed by atoms with E-state index >= 15 is 0 Å². The van der Waals surface area contributed by atoms with Crippen LogP contribution in [0.5, 0.6) is 11.5 Å². The molecule has 0 aliphatic rings. The summed E-state index contributed by atoms with van der Waals surface area (Å²) in [5, 5.41) is 3.31. The molecule has 3 rings (SSSR count). The molecule has 0 saturated carbocycles. The van der Waals surface area contributed by atoms with Crippen LogP contribution in [0.25, 0.3) is 0 Å². The molecule has 0 fully saturated rings. The zero-order valence-corrected chi connectivity index (χ0v) is 16.8. The van der Waals surface area contributed by atoms with Gasteiger partial charge in [-0.1, -0.05) is 35.9 Å². The summed E-state index contributed by atoms with van der Waals surface area (Å²) >= 11 is 6.13. The molecule has 0 unspecified atom stereocenters. The Morgan fingerprint density at radius 1 is 0.931 bits per heavy atom. The van der Waals surface area contributed by atoms with Crippen LogP contribution >= 0.6 is 11.6 Å². The molecule has 0 spiro atoms. The van der Waals surface area contributed by atoms with Crippen LogP contribution in [0, 0.1) is 0 Å². The third-order valence-corrected chi connectivity index (χ3v) is 4.60. The quantitative estimate of drug-likeness (QED) is 0.532. The van der Waals surface area contributed by atoms with Crippen LogP contribution in [0.1, 0.15) is 33.2 Å². The highest BCUT2D eigenvalue weighted by Gasteiger charge is 2.12. The van der Waals surface area contributed by atoms with Crippen molar-refractivity contribution < 1.29 is 19.1 Å². The molecule has 0 heterocycles. The van der Waals surface area contributed by atoms with Gasteiger partial charge in [0.05, 0.1) is 12.1 Å². The van der Waals surface area contributed by atoms with Gasteiger partial charge in [0.15, 0.2) is 5.78 Å². The summed E-state index contributed by atoms with van der Waals surface area (Å²) in [6, 6.07) is 19.1. The monoisotopic (exact) mass is 409 g/mol. The van der Waals surface area contributed by atoms with Gasteiger partial charge in [-0.2, -0.15) is 0 Å². The number of hydrogen-bond donors (Lipinski definition) is 1. The number of carbonyl (C=O) groups is 2. The van der Waals surface area contributed by atoms with Gasteiger partial charge in [0.25, 0.3) is 5.91 Å². The molecule has 0 radical (unpaired) electrons. The second-order valence-corrected chi connectivity index (χ2v) is 6.74. The largest absolute Gasteiger partial charge is 0.496 e. The van der Waals surface area contributed by atoms with Gasteiger partial charge >= 0.3 is 0 Å². The fourth-order valence-corrected chi connectivity index (χ4v) is 2.96. The second-order valence-electron chi connectivity index (χ2n) is 6.34. The van der Waals surface area contributed by atoms with Crippen molar-refractivity contribution in [1.29, 1.82) is 0 Å². The zero-order valence-electron chi connectivity index (χ0n) is 16.1. The number of anilines is 1. The Kier molecular flexibility index (Phi) is 6.52. The molecular formula is C23H20ClNO4. The van der Waals surface area contributed by atoms with E-state index in [9.17, 15) is 9.59 Å². The van der Waals surface area contributed by atoms with Gasteiger partial charge in [0, 0.05) is 22.4 Å². The van der Waals surface area contributed by atoms with E-state index in [0.29, 0.717) is 38.9 Å². The van der Waals surface area contributed by atoms with Crippen molar-refractivity contribution >= 4 is 29.0 Å². The van der Waals surface area contributed by atoms with Gasteiger partial charge in [-0.25, -0.2) is 0 Å². The number of Topliss-reactive ketones (excluding diaryl/α,β-unsaturated/α-hetero) is 1. The lowest BCUT2D eigenvalue weighted by atomic mass is 10.1. The first-order valence-electron chi connectivity index (χ1n) is 8.94. The van der Waals surface area contributed by atoms with Gasteiger partial charge in [-0.15, -0.1) is 0 Å². The molecule has 0 atom stereocenters. The predicted octanol–water partition coefficient (Wildman–Crippen LogP) is 5.38. The van der Waals surface area contributed by atoms with E-state index in [4.69, 9.17) is 21.1 Å². The number of para-hydroxylation sites is 1.